The van der Waals surface area contributed by atoms with Crippen molar-refractivity contribution >= 4 is 0 Å². The Hall–Kier alpha value is -0.900. The van der Waals surface area contributed by atoms with E-state index in [1.54, 1.807) is 0 Å². The Morgan fingerprint density at radius 3 is 2.74 bits per heavy atom. The molecule has 3 nitrogen and oxygen atoms in total. The smallest absolute Gasteiger partial charge is 0.0488 e. The highest BCUT2D eigenvalue weighted by molar-refractivity contribution is 5.26. The highest BCUT2D eigenvalue weighted by Gasteiger charge is 2.28. The van der Waals surface area contributed by atoms with Crippen molar-refractivity contribution < 1.29 is 0 Å². The van der Waals surface area contributed by atoms with Gasteiger partial charge in [0, 0.05) is 18.6 Å². The van der Waals surface area contributed by atoms with Crippen molar-refractivity contribution in [1.82, 2.24) is 15.1 Å². The fourth-order valence-corrected chi connectivity index (χ4v) is 3.11. The molecule has 2 unspecified atom stereocenters. The van der Waals surface area contributed by atoms with E-state index in [1.807, 2.05) is 0 Å². The lowest BCUT2D eigenvalue weighted by Crippen LogP contribution is -2.46. The molecular weight excluding hydrogens is 234 g/mol. The number of likely N-dealkylation sites (N-methyl/N-ethyl adjacent to an activating group) is 3. The Bertz CT molecular complexity index is 405. The summed E-state index contributed by atoms with van der Waals surface area (Å²) in [5.74, 6) is 0. The molecule has 19 heavy (non-hydrogen) atoms. The van der Waals surface area contributed by atoms with E-state index < -0.39 is 0 Å². The van der Waals surface area contributed by atoms with Crippen LogP contribution in [0.4, 0.5) is 0 Å². The zero-order valence-electron chi connectivity index (χ0n) is 12.7. The summed E-state index contributed by atoms with van der Waals surface area (Å²) in [5, 5.41) is 3.53. The lowest BCUT2D eigenvalue weighted by atomic mass is 9.96. The SMILES string of the molecule is CNC(c1cccc(C)c1)C1CN(C)CCCN1C. The molecule has 1 aliphatic rings. The summed E-state index contributed by atoms with van der Waals surface area (Å²) in [7, 11) is 6.56. The molecule has 3 heteroatoms. The van der Waals surface area contributed by atoms with E-state index in [-0.39, 0.29) is 0 Å². The molecule has 0 aromatic heterocycles. The first-order valence-electron chi connectivity index (χ1n) is 7.24. The first kappa shape index (κ1) is 14.5. The second-order valence-corrected chi connectivity index (χ2v) is 5.84. The van der Waals surface area contributed by atoms with Gasteiger partial charge in [-0.1, -0.05) is 29.8 Å². The summed E-state index contributed by atoms with van der Waals surface area (Å²) in [6, 6.07) is 9.80. The highest BCUT2D eigenvalue weighted by Crippen LogP contribution is 2.23. The Kier molecular flexibility index (Phi) is 4.97. The summed E-state index contributed by atoms with van der Waals surface area (Å²) in [4.78, 5) is 4.96. The maximum atomic E-state index is 3.53. The molecule has 2 rings (SSSR count). The molecule has 2 atom stereocenters. The number of nitrogens with one attached hydrogen (secondary N) is 1. The second kappa shape index (κ2) is 6.51. The minimum Gasteiger partial charge on any atom is -0.312 e. The molecule has 0 amide bonds. The number of hydrogen-bond acceptors (Lipinski definition) is 3. The lowest BCUT2D eigenvalue weighted by molar-refractivity contribution is 0.182. The van der Waals surface area contributed by atoms with Crippen LogP contribution >= 0.6 is 0 Å². The third kappa shape index (κ3) is 3.56. The van der Waals surface area contributed by atoms with Gasteiger partial charge in [-0.15, -0.1) is 0 Å². The van der Waals surface area contributed by atoms with Crippen molar-refractivity contribution in [1.29, 1.82) is 0 Å². The summed E-state index contributed by atoms with van der Waals surface area (Å²) in [5.41, 5.74) is 2.73. The molecule has 1 saturated heterocycles. The Morgan fingerprint density at radius 1 is 1.26 bits per heavy atom. The predicted octanol–water partition coefficient (Wildman–Crippen LogP) is 1.89. The van der Waals surface area contributed by atoms with Crippen LogP contribution in [0.2, 0.25) is 0 Å². The molecule has 106 valence electrons. The van der Waals surface area contributed by atoms with Crippen molar-refractivity contribution in [2.24, 2.45) is 0 Å². The number of rotatable bonds is 3. The maximum absolute atomic E-state index is 3.53. The lowest BCUT2D eigenvalue weighted by Gasteiger charge is -2.34. The Morgan fingerprint density at radius 2 is 2.05 bits per heavy atom. The molecule has 1 heterocycles. The molecular formula is C16H27N3. The molecule has 0 bridgehead atoms. The summed E-state index contributed by atoms with van der Waals surface area (Å²) in [6.07, 6.45) is 1.26. The molecule has 0 spiro atoms. The van der Waals surface area contributed by atoms with E-state index in [0.717, 1.165) is 6.54 Å². The number of aryl methyl sites for hydroxylation is 1. The van der Waals surface area contributed by atoms with Gasteiger partial charge in [-0.2, -0.15) is 0 Å². The Balaban J connectivity index is 2.24. The van der Waals surface area contributed by atoms with Gasteiger partial charge in [-0.3, -0.25) is 0 Å². The molecule has 1 aliphatic heterocycles. The van der Waals surface area contributed by atoms with Gasteiger partial charge in [0.25, 0.3) is 0 Å². The zero-order chi connectivity index (χ0) is 13.8. The van der Waals surface area contributed by atoms with Crippen molar-refractivity contribution in [3.05, 3.63) is 35.4 Å². The number of benzene rings is 1. The van der Waals surface area contributed by atoms with Crippen LogP contribution in [0, 0.1) is 6.92 Å². The van der Waals surface area contributed by atoms with E-state index in [0.29, 0.717) is 12.1 Å². The standard InChI is InChI=1S/C16H27N3/c1-13-7-5-8-14(11-13)16(17-2)15-12-18(3)9-6-10-19(15)4/h5,7-8,11,15-17H,6,9-10,12H2,1-4H3. The fourth-order valence-electron chi connectivity index (χ4n) is 3.11. The van der Waals surface area contributed by atoms with Crippen LogP contribution in [0.1, 0.15) is 23.6 Å². The predicted molar refractivity (Wildman–Crippen MR) is 81.5 cm³/mol. The van der Waals surface area contributed by atoms with Crippen LogP contribution in [0.15, 0.2) is 24.3 Å². The van der Waals surface area contributed by atoms with E-state index in [4.69, 9.17) is 0 Å². The molecule has 0 saturated carbocycles. The minimum atomic E-state index is 0.394. The number of nitrogens with zero attached hydrogens (tertiary/aromatic N) is 2. The van der Waals surface area contributed by atoms with Gasteiger partial charge in [0.1, 0.15) is 0 Å². The zero-order valence-corrected chi connectivity index (χ0v) is 12.7. The molecule has 0 aliphatic carbocycles. The van der Waals surface area contributed by atoms with Gasteiger partial charge >= 0.3 is 0 Å². The van der Waals surface area contributed by atoms with Gasteiger partial charge in [-0.05, 0) is 53.1 Å². The largest absolute Gasteiger partial charge is 0.312 e. The van der Waals surface area contributed by atoms with E-state index in [9.17, 15) is 0 Å². The fraction of sp³-hybridized carbons (Fsp3) is 0.625. The number of hydrogen-bond donors (Lipinski definition) is 1. The van der Waals surface area contributed by atoms with Gasteiger partial charge < -0.3 is 15.1 Å². The third-order valence-electron chi connectivity index (χ3n) is 4.21. The van der Waals surface area contributed by atoms with Crippen molar-refractivity contribution in [2.45, 2.75) is 25.4 Å². The van der Waals surface area contributed by atoms with Crippen LogP contribution in [0.5, 0.6) is 0 Å². The molecule has 1 N–H and O–H groups in total. The first-order chi connectivity index (χ1) is 9.11. The van der Waals surface area contributed by atoms with Gasteiger partial charge in [0.05, 0.1) is 0 Å². The van der Waals surface area contributed by atoms with Gasteiger partial charge in [0.15, 0.2) is 0 Å². The van der Waals surface area contributed by atoms with Crippen LogP contribution < -0.4 is 5.32 Å². The molecule has 1 fully saturated rings. The van der Waals surface area contributed by atoms with Crippen LogP contribution in [0.25, 0.3) is 0 Å². The maximum Gasteiger partial charge on any atom is 0.0488 e. The van der Waals surface area contributed by atoms with E-state index in [2.05, 4.69) is 67.4 Å². The minimum absolute atomic E-state index is 0.394. The molecule has 0 radical (unpaired) electrons. The van der Waals surface area contributed by atoms with Crippen LogP contribution in [0.3, 0.4) is 0 Å². The van der Waals surface area contributed by atoms with Crippen molar-refractivity contribution in [2.75, 3.05) is 40.8 Å². The monoisotopic (exact) mass is 261 g/mol. The summed E-state index contributed by atoms with van der Waals surface area (Å²) in [6.45, 7) is 5.67. The third-order valence-corrected chi connectivity index (χ3v) is 4.21. The van der Waals surface area contributed by atoms with Gasteiger partial charge in [0.2, 0.25) is 0 Å². The highest BCUT2D eigenvalue weighted by atomic mass is 15.2. The van der Waals surface area contributed by atoms with Gasteiger partial charge in [-0.25, -0.2) is 0 Å². The van der Waals surface area contributed by atoms with Crippen LogP contribution in [-0.2, 0) is 0 Å². The van der Waals surface area contributed by atoms with E-state index in [1.165, 1.54) is 30.6 Å². The van der Waals surface area contributed by atoms with Crippen LogP contribution in [-0.4, -0.2) is 56.6 Å². The van der Waals surface area contributed by atoms with E-state index >= 15 is 0 Å². The second-order valence-electron chi connectivity index (χ2n) is 5.84. The summed E-state index contributed by atoms with van der Waals surface area (Å²) < 4.78 is 0. The quantitative estimate of drug-likeness (QED) is 0.896. The molecule has 1 aromatic rings. The average Bonchev–Trinajstić information content (AvgIpc) is 2.53. The average molecular weight is 261 g/mol. The van der Waals surface area contributed by atoms with Crippen molar-refractivity contribution in [3.63, 3.8) is 0 Å². The topological polar surface area (TPSA) is 18.5 Å². The first-order valence-corrected chi connectivity index (χ1v) is 7.24. The van der Waals surface area contributed by atoms with Crippen molar-refractivity contribution in [3.8, 4) is 0 Å². The Labute approximate surface area is 117 Å². The summed E-state index contributed by atoms with van der Waals surface area (Å²) >= 11 is 0. The normalized spacial score (nSPS) is 24.1. The molecule has 1 aromatic carbocycles.